The number of fused-ring (bicyclic) bond motifs is 1. The highest BCUT2D eigenvalue weighted by atomic mass is 16.5. The summed E-state index contributed by atoms with van der Waals surface area (Å²) in [6.45, 7) is 3.63. The molecule has 3 aliphatic heterocycles. The summed E-state index contributed by atoms with van der Waals surface area (Å²) in [6, 6.07) is 0. The standard InChI is InChI=1S/C15H20N4O5/c1-23-15(22)12-9-19(8-11-13(12)16-17-14(11)21)7-10(20)6-18-2-4-24-5-3-18/h8-10,20H,2-7H2,1H3,(H,17,21)/t10-/m1/s1. The number of hydrogen-bond donors (Lipinski definition) is 2. The Bertz CT molecular complexity index is 734. The van der Waals surface area contributed by atoms with Gasteiger partial charge >= 0.3 is 5.97 Å². The monoisotopic (exact) mass is 336 g/mol. The normalized spacial score (nSPS) is 17.1. The van der Waals surface area contributed by atoms with E-state index in [9.17, 15) is 14.7 Å². The molecule has 130 valence electrons. The number of methoxy groups -OCH3 is 1. The van der Waals surface area contributed by atoms with Gasteiger partial charge in [0.05, 0.1) is 32.0 Å². The molecule has 0 aromatic rings. The third-order valence-electron chi connectivity index (χ3n) is 4.01. The molecule has 3 heterocycles. The minimum absolute atomic E-state index is 0.187. The summed E-state index contributed by atoms with van der Waals surface area (Å²) >= 11 is 0. The van der Waals surface area contributed by atoms with Crippen molar-refractivity contribution < 1.29 is 19.4 Å². The van der Waals surface area contributed by atoms with Gasteiger partial charge < -0.3 is 19.1 Å². The lowest BCUT2D eigenvalue weighted by atomic mass is 10.1. The van der Waals surface area contributed by atoms with E-state index in [2.05, 4.69) is 15.1 Å². The average molecular weight is 336 g/mol. The van der Waals surface area contributed by atoms with Crippen LogP contribution in [0, 0.1) is 0 Å². The van der Waals surface area contributed by atoms with E-state index < -0.39 is 12.1 Å². The molecule has 0 aromatic carbocycles. The van der Waals surface area contributed by atoms with Crippen LogP contribution in [0.25, 0.3) is 11.3 Å². The number of aliphatic hydroxyl groups excluding tert-OH is 1. The van der Waals surface area contributed by atoms with Gasteiger partial charge in [-0.2, -0.15) is 5.10 Å². The van der Waals surface area contributed by atoms with Crippen LogP contribution in [0.5, 0.6) is 0 Å². The number of esters is 1. The number of pyridine rings is 1. The van der Waals surface area contributed by atoms with Gasteiger partial charge in [0.25, 0.3) is 5.56 Å². The smallest absolute Gasteiger partial charge is 0.341 e. The van der Waals surface area contributed by atoms with E-state index in [4.69, 9.17) is 9.47 Å². The molecule has 1 saturated heterocycles. The van der Waals surface area contributed by atoms with Crippen molar-refractivity contribution in [3.63, 3.8) is 0 Å². The number of aromatic amines is 1. The molecule has 9 heteroatoms. The summed E-state index contributed by atoms with van der Waals surface area (Å²) in [4.78, 5) is 25.9. The van der Waals surface area contributed by atoms with Crippen molar-refractivity contribution >= 4 is 5.97 Å². The molecule has 3 aliphatic rings. The quantitative estimate of drug-likeness (QED) is 0.685. The zero-order valence-electron chi connectivity index (χ0n) is 13.4. The molecule has 2 N–H and O–H groups in total. The van der Waals surface area contributed by atoms with E-state index in [0.717, 1.165) is 13.1 Å². The Balaban J connectivity index is 1.80. The van der Waals surface area contributed by atoms with Crippen LogP contribution in [0.2, 0.25) is 0 Å². The number of carbonyl (C=O) groups excluding carboxylic acids is 1. The fourth-order valence-corrected chi connectivity index (χ4v) is 2.84. The first kappa shape index (κ1) is 16.6. The van der Waals surface area contributed by atoms with Gasteiger partial charge in [0, 0.05) is 38.6 Å². The summed E-state index contributed by atoms with van der Waals surface area (Å²) in [6.07, 6.45) is 2.48. The van der Waals surface area contributed by atoms with Gasteiger partial charge in [-0.15, -0.1) is 0 Å². The number of nitrogens with one attached hydrogen (secondary N) is 1. The van der Waals surface area contributed by atoms with Crippen LogP contribution in [0.4, 0.5) is 0 Å². The lowest BCUT2D eigenvalue weighted by molar-refractivity contribution is 0.0114. The lowest BCUT2D eigenvalue weighted by Crippen LogP contribution is -2.42. The van der Waals surface area contributed by atoms with Gasteiger partial charge in [-0.05, 0) is 0 Å². The molecule has 1 atom stereocenters. The Labute approximate surface area is 138 Å². The van der Waals surface area contributed by atoms with Gasteiger partial charge in [-0.25, -0.2) is 9.89 Å². The Morgan fingerprint density at radius 3 is 2.88 bits per heavy atom. The topological polar surface area (TPSA) is 110 Å². The lowest BCUT2D eigenvalue weighted by Gasteiger charge is -2.28. The average Bonchev–Trinajstić information content (AvgIpc) is 2.95. The van der Waals surface area contributed by atoms with Crippen LogP contribution >= 0.6 is 0 Å². The molecule has 0 radical (unpaired) electrons. The predicted molar refractivity (Wildman–Crippen MR) is 84.1 cm³/mol. The summed E-state index contributed by atoms with van der Waals surface area (Å²) < 4.78 is 11.6. The molecule has 3 rings (SSSR count). The molecule has 0 unspecified atom stereocenters. The number of ether oxygens (including phenoxy) is 2. The minimum atomic E-state index is -0.641. The fourth-order valence-electron chi connectivity index (χ4n) is 2.84. The SMILES string of the molecule is COC(=O)c1cn(C[C@H](O)CN2CCOCC2)cc2c(=O)[nH]nc1-2. The van der Waals surface area contributed by atoms with Gasteiger partial charge in [-0.1, -0.05) is 0 Å². The highest BCUT2D eigenvalue weighted by Gasteiger charge is 2.23. The zero-order chi connectivity index (χ0) is 17.1. The molecule has 0 aromatic heterocycles. The van der Waals surface area contributed by atoms with Gasteiger partial charge in [0.2, 0.25) is 0 Å². The van der Waals surface area contributed by atoms with Crippen molar-refractivity contribution in [2.24, 2.45) is 0 Å². The zero-order valence-corrected chi connectivity index (χ0v) is 13.4. The van der Waals surface area contributed by atoms with Crippen molar-refractivity contribution in [3.8, 4) is 11.3 Å². The highest BCUT2D eigenvalue weighted by Crippen LogP contribution is 2.20. The van der Waals surface area contributed by atoms with Crippen molar-refractivity contribution in [3.05, 3.63) is 28.3 Å². The molecular weight excluding hydrogens is 316 g/mol. The second-order valence-corrected chi connectivity index (χ2v) is 5.74. The maximum Gasteiger partial charge on any atom is 0.341 e. The van der Waals surface area contributed by atoms with E-state index in [1.165, 1.54) is 13.3 Å². The molecule has 0 saturated carbocycles. The molecule has 0 bridgehead atoms. The van der Waals surface area contributed by atoms with Crippen LogP contribution in [0.3, 0.4) is 0 Å². The Morgan fingerprint density at radius 2 is 2.17 bits per heavy atom. The molecule has 0 spiro atoms. The van der Waals surface area contributed by atoms with E-state index >= 15 is 0 Å². The number of β-amino-alcohol motifs (C(OH)–C–C–N with tert-alkyl or cyclic N) is 1. The van der Waals surface area contributed by atoms with Crippen LogP contribution < -0.4 is 5.56 Å². The fraction of sp³-hybridized carbons (Fsp3) is 0.533. The first-order valence-electron chi connectivity index (χ1n) is 7.73. The molecule has 24 heavy (non-hydrogen) atoms. The van der Waals surface area contributed by atoms with Gasteiger partial charge in [0.15, 0.2) is 0 Å². The van der Waals surface area contributed by atoms with Crippen LogP contribution in [-0.2, 0) is 16.0 Å². The van der Waals surface area contributed by atoms with Crippen molar-refractivity contribution in [2.45, 2.75) is 12.6 Å². The highest BCUT2D eigenvalue weighted by molar-refractivity contribution is 5.95. The summed E-state index contributed by atoms with van der Waals surface area (Å²) in [7, 11) is 1.27. The number of aliphatic hydroxyl groups is 1. The molecule has 9 nitrogen and oxygen atoms in total. The minimum Gasteiger partial charge on any atom is -0.465 e. The second kappa shape index (κ2) is 7.12. The largest absolute Gasteiger partial charge is 0.465 e. The third kappa shape index (κ3) is 3.48. The molecule has 0 amide bonds. The number of H-pyrrole nitrogens is 1. The maximum atomic E-state index is 11.9. The predicted octanol–water partition coefficient (Wildman–Crippen LogP) is -0.844. The van der Waals surface area contributed by atoms with Crippen LogP contribution in [0.1, 0.15) is 10.4 Å². The number of rotatable bonds is 5. The van der Waals surface area contributed by atoms with Crippen LogP contribution in [0.15, 0.2) is 17.2 Å². The summed E-state index contributed by atoms with van der Waals surface area (Å²) in [5, 5.41) is 16.5. The number of aromatic nitrogens is 3. The Morgan fingerprint density at radius 1 is 1.42 bits per heavy atom. The molecule has 0 aliphatic carbocycles. The third-order valence-corrected chi connectivity index (χ3v) is 4.01. The maximum absolute atomic E-state index is 11.9. The van der Waals surface area contributed by atoms with Gasteiger partial charge in [-0.3, -0.25) is 9.69 Å². The van der Waals surface area contributed by atoms with Crippen molar-refractivity contribution in [1.29, 1.82) is 0 Å². The number of morpholine rings is 1. The van der Waals surface area contributed by atoms with E-state index in [0.29, 0.717) is 19.8 Å². The summed E-state index contributed by atoms with van der Waals surface area (Å²) in [5.74, 6) is -0.580. The van der Waals surface area contributed by atoms with E-state index in [1.54, 1.807) is 10.8 Å². The van der Waals surface area contributed by atoms with Crippen LogP contribution in [-0.4, -0.2) is 76.8 Å². The van der Waals surface area contributed by atoms with E-state index in [-0.39, 0.29) is 28.9 Å². The Hall–Kier alpha value is -2.23. The first-order valence-corrected chi connectivity index (χ1v) is 7.73. The second-order valence-electron chi connectivity index (χ2n) is 5.74. The number of hydrogen-bond acceptors (Lipinski definition) is 7. The Kier molecular flexibility index (Phi) is 4.93. The first-order chi connectivity index (χ1) is 11.6. The van der Waals surface area contributed by atoms with E-state index in [1.807, 2.05) is 0 Å². The van der Waals surface area contributed by atoms with Crippen molar-refractivity contribution in [2.75, 3.05) is 40.0 Å². The summed E-state index contributed by atoms with van der Waals surface area (Å²) in [5.41, 5.74) is 0.362. The number of carbonyl (C=O) groups is 1. The van der Waals surface area contributed by atoms with Gasteiger partial charge in [0.1, 0.15) is 11.3 Å². The molecular formula is C15H20N4O5. The number of nitrogens with zero attached hydrogens (tertiary/aromatic N) is 3. The molecule has 1 fully saturated rings. The van der Waals surface area contributed by atoms with Crippen molar-refractivity contribution in [1.82, 2.24) is 19.7 Å².